The molecule has 0 aliphatic carbocycles. The Hall–Kier alpha value is -2.68. The zero-order valence-corrected chi connectivity index (χ0v) is 18.5. The van der Waals surface area contributed by atoms with Crippen LogP contribution in [0.25, 0.3) is 11.0 Å². The van der Waals surface area contributed by atoms with Gasteiger partial charge in [0.05, 0.1) is 5.75 Å². The summed E-state index contributed by atoms with van der Waals surface area (Å²) in [6.07, 6.45) is 0. The number of hydrogen-bond acceptors (Lipinski definition) is 6. The maximum absolute atomic E-state index is 12.4. The molecule has 0 bridgehead atoms. The predicted molar refractivity (Wildman–Crippen MR) is 119 cm³/mol. The molecule has 1 aromatic heterocycles. The lowest BCUT2D eigenvalue weighted by atomic mass is 10.1. The van der Waals surface area contributed by atoms with Gasteiger partial charge < -0.3 is 9.15 Å². The average molecular weight is 479 g/mol. The van der Waals surface area contributed by atoms with Crippen molar-refractivity contribution in [2.75, 3.05) is 12.4 Å². The van der Waals surface area contributed by atoms with Crippen molar-refractivity contribution >= 4 is 57.7 Å². The Morgan fingerprint density at radius 3 is 2.81 bits per heavy atom. The van der Waals surface area contributed by atoms with Crippen LogP contribution in [0.15, 0.2) is 51.7 Å². The number of nitrogens with zero attached hydrogens (tertiary/aromatic N) is 1. The van der Waals surface area contributed by atoms with Crippen LogP contribution in [-0.4, -0.2) is 29.2 Å². The number of ether oxygens (including phenoxy) is 1. The number of carbonyl (C=O) groups is 2. The van der Waals surface area contributed by atoms with Crippen LogP contribution in [0.3, 0.4) is 0 Å². The number of hydrazine groups is 1. The van der Waals surface area contributed by atoms with Gasteiger partial charge in [-0.15, -0.1) is 11.8 Å². The Balaban J connectivity index is 1.44. The van der Waals surface area contributed by atoms with E-state index in [1.54, 1.807) is 36.4 Å². The smallest absolute Gasteiger partial charge is 0.336 e. The number of halogens is 2. The molecule has 1 N–H and O–H groups in total. The number of amides is 2. The number of benzene rings is 2. The van der Waals surface area contributed by atoms with E-state index < -0.39 is 16.9 Å². The zero-order valence-electron chi connectivity index (χ0n) is 16.2. The highest BCUT2D eigenvalue weighted by Crippen LogP contribution is 2.41. The van der Waals surface area contributed by atoms with Crippen LogP contribution in [0.1, 0.15) is 16.5 Å². The van der Waals surface area contributed by atoms with Crippen LogP contribution in [0, 0.1) is 6.92 Å². The number of hydrogen-bond donors (Lipinski definition) is 1. The largest absolute Gasteiger partial charge is 0.484 e. The van der Waals surface area contributed by atoms with Crippen LogP contribution < -0.4 is 15.8 Å². The number of aryl methyl sites for hydroxylation is 1. The second-order valence-corrected chi connectivity index (χ2v) is 8.74. The molecule has 1 aliphatic heterocycles. The average Bonchev–Trinajstić information content (AvgIpc) is 3.06. The van der Waals surface area contributed by atoms with E-state index in [1.807, 2.05) is 6.92 Å². The maximum Gasteiger partial charge on any atom is 0.336 e. The van der Waals surface area contributed by atoms with Crippen molar-refractivity contribution in [2.24, 2.45) is 0 Å². The van der Waals surface area contributed by atoms with Crippen LogP contribution >= 0.6 is 35.0 Å². The van der Waals surface area contributed by atoms with Gasteiger partial charge in [-0.1, -0.05) is 29.3 Å². The maximum atomic E-state index is 12.4. The summed E-state index contributed by atoms with van der Waals surface area (Å²) in [6.45, 7) is 1.47. The Kier molecular flexibility index (Phi) is 6.13. The van der Waals surface area contributed by atoms with Crippen LogP contribution in [0.2, 0.25) is 10.0 Å². The fraction of sp³-hybridized carbons (Fsp3) is 0.190. The van der Waals surface area contributed by atoms with Crippen molar-refractivity contribution in [2.45, 2.75) is 12.3 Å². The van der Waals surface area contributed by atoms with Crippen molar-refractivity contribution < 1.29 is 18.7 Å². The summed E-state index contributed by atoms with van der Waals surface area (Å²) in [4.78, 5) is 36.3. The van der Waals surface area contributed by atoms with E-state index in [0.29, 0.717) is 26.9 Å². The Morgan fingerprint density at radius 1 is 1.23 bits per heavy atom. The first kappa shape index (κ1) is 21.5. The third-order valence-electron chi connectivity index (χ3n) is 4.63. The molecule has 1 aliphatic rings. The molecule has 7 nitrogen and oxygen atoms in total. The third-order valence-corrected chi connectivity index (χ3v) is 6.39. The fourth-order valence-electron chi connectivity index (χ4n) is 3.19. The van der Waals surface area contributed by atoms with E-state index in [0.717, 1.165) is 10.9 Å². The van der Waals surface area contributed by atoms with E-state index in [2.05, 4.69) is 5.43 Å². The first-order valence-electron chi connectivity index (χ1n) is 9.17. The van der Waals surface area contributed by atoms with Crippen LogP contribution in [-0.2, 0) is 9.59 Å². The molecule has 4 rings (SSSR count). The van der Waals surface area contributed by atoms with Crippen molar-refractivity contribution in [1.82, 2.24) is 10.4 Å². The van der Waals surface area contributed by atoms with E-state index in [1.165, 1.54) is 22.8 Å². The molecule has 2 heterocycles. The van der Waals surface area contributed by atoms with Gasteiger partial charge in [-0.3, -0.25) is 15.0 Å². The minimum absolute atomic E-state index is 0.202. The van der Waals surface area contributed by atoms with E-state index in [4.69, 9.17) is 32.4 Å². The van der Waals surface area contributed by atoms with Gasteiger partial charge in [-0.25, -0.2) is 9.80 Å². The highest BCUT2D eigenvalue weighted by molar-refractivity contribution is 8.00. The molecular weight excluding hydrogens is 463 g/mol. The molecule has 2 aromatic carbocycles. The number of nitrogens with one attached hydrogen (secondary N) is 1. The highest BCUT2D eigenvalue weighted by atomic mass is 35.5. The molecule has 1 unspecified atom stereocenters. The molecule has 160 valence electrons. The molecule has 10 heteroatoms. The lowest BCUT2D eigenvalue weighted by Gasteiger charge is -2.25. The molecule has 0 saturated carbocycles. The summed E-state index contributed by atoms with van der Waals surface area (Å²) in [6, 6.07) is 11.4. The quantitative estimate of drug-likeness (QED) is 0.555. The van der Waals surface area contributed by atoms with Crippen LogP contribution in [0.5, 0.6) is 5.75 Å². The summed E-state index contributed by atoms with van der Waals surface area (Å²) >= 11 is 13.6. The molecule has 1 saturated heterocycles. The zero-order chi connectivity index (χ0) is 22.1. The molecule has 0 radical (unpaired) electrons. The van der Waals surface area contributed by atoms with Gasteiger partial charge in [0.1, 0.15) is 16.7 Å². The number of rotatable bonds is 5. The molecule has 3 aromatic rings. The summed E-state index contributed by atoms with van der Waals surface area (Å²) < 4.78 is 10.7. The van der Waals surface area contributed by atoms with Gasteiger partial charge in [0.25, 0.3) is 11.8 Å². The highest BCUT2D eigenvalue weighted by Gasteiger charge is 2.35. The van der Waals surface area contributed by atoms with E-state index in [-0.39, 0.29) is 18.3 Å². The van der Waals surface area contributed by atoms with Crippen molar-refractivity contribution in [3.63, 3.8) is 0 Å². The van der Waals surface area contributed by atoms with E-state index in [9.17, 15) is 14.4 Å². The summed E-state index contributed by atoms with van der Waals surface area (Å²) in [7, 11) is 0. The van der Waals surface area contributed by atoms with Gasteiger partial charge in [0.15, 0.2) is 6.61 Å². The lowest BCUT2D eigenvalue weighted by molar-refractivity contribution is -0.140. The summed E-state index contributed by atoms with van der Waals surface area (Å²) in [5.41, 5.74) is 3.94. The van der Waals surface area contributed by atoms with Gasteiger partial charge in [0, 0.05) is 33.1 Å². The Bertz CT molecular complexity index is 1250. The molecule has 1 fully saturated rings. The predicted octanol–water partition coefficient (Wildman–Crippen LogP) is 4.09. The molecular formula is C21H16Cl2N2O5S. The first-order valence-corrected chi connectivity index (χ1v) is 11.0. The molecule has 31 heavy (non-hydrogen) atoms. The van der Waals surface area contributed by atoms with Crippen LogP contribution in [0.4, 0.5) is 0 Å². The Morgan fingerprint density at radius 2 is 2.03 bits per heavy atom. The van der Waals surface area contributed by atoms with Crippen molar-refractivity contribution in [3.8, 4) is 5.75 Å². The van der Waals surface area contributed by atoms with Gasteiger partial charge in [-0.05, 0) is 36.8 Å². The lowest BCUT2D eigenvalue weighted by Crippen LogP contribution is -2.46. The Labute approximate surface area is 191 Å². The van der Waals surface area contributed by atoms with Gasteiger partial charge >= 0.3 is 5.63 Å². The molecule has 2 amide bonds. The number of fused-ring (bicyclic) bond motifs is 1. The number of thioether (sulfide) groups is 1. The molecule has 0 spiro atoms. The van der Waals surface area contributed by atoms with Crippen molar-refractivity contribution in [1.29, 1.82) is 0 Å². The monoisotopic (exact) mass is 478 g/mol. The number of carbonyl (C=O) groups excluding carboxylic acids is 2. The van der Waals surface area contributed by atoms with Crippen molar-refractivity contribution in [3.05, 3.63) is 74.1 Å². The molecule has 1 atom stereocenters. The topological polar surface area (TPSA) is 88.8 Å². The second kappa shape index (κ2) is 8.82. The first-order chi connectivity index (χ1) is 14.8. The standard InChI is InChI=1S/C21H16Cl2N2O5S/c1-11-6-20(28)30-17-8-13(3-5-14(11)17)29-9-18(26)24-25-19(27)10-31-21(25)15-4-2-12(22)7-16(15)23/h2-8,21H,9-10H2,1H3,(H,24,26). The normalized spacial score (nSPS) is 16.0. The van der Waals surface area contributed by atoms with Gasteiger partial charge in [-0.2, -0.15) is 0 Å². The van der Waals surface area contributed by atoms with Gasteiger partial charge in [0.2, 0.25) is 0 Å². The third kappa shape index (κ3) is 4.66. The summed E-state index contributed by atoms with van der Waals surface area (Å²) in [5.74, 6) is -0.210. The summed E-state index contributed by atoms with van der Waals surface area (Å²) in [5, 5.41) is 2.43. The second-order valence-electron chi connectivity index (χ2n) is 6.82. The SMILES string of the molecule is Cc1cc(=O)oc2cc(OCC(=O)NN3C(=O)CSC3c3ccc(Cl)cc3Cl)ccc12. The van der Waals surface area contributed by atoms with E-state index >= 15 is 0 Å². The minimum Gasteiger partial charge on any atom is -0.484 e. The minimum atomic E-state index is -0.517. The fourth-order valence-corrected chi connectivity index (χ4v) is 4.91.